The van der Waals surface area contributed by atoms with Gasteiger partial charge in [0.2, 0.25) is 0 Å². The number of urea groups is 1. The van der Waals surface area contributed by atoms with E-state index in [9.17, 15) is 14.4 Å². The molecule has 4 aromatic rings. The smallest absolute Gasteiger partial charge is 0.332 e. The number of nitrogens with zero attached hydrogens (tertiary/aromatic N) is 2. The molecule has 7 rings (SSSR count). The molecule has 2 aliphatic heterocycles. The van der Waals surface area contributed by atoms with Crippen LogP contribution in [0.5, 0.6) is 0 Å². The van der Waals surface area contributed by atoms with Crippen molar-refractivity contribution in [2.75, 3.05) is 4.90 Å². The number of carbonyl (C=O) groups is 3. The predicted octanol–water partition coefficient (Wildman–Crippen LogP) is 6.45. The summed E-state index contributed by atoms with van der Waals surface area (Å²) < 4.78 is 0. The number of hydrogen-bond donors (Lipinski definition) is 2. The molecule has 1 saturated heterocycles. The highest BCUT2D eigenvalue weighted by molar-refractivity contribution is 6.24. The van der Waals surface area contributed by atoms with Crippen molar-refractivity contribution < 1.29 is 14.4 Å². The van der Waals surface area contributed by atoms with Gasteiger partial charge >= 0.3 is 6.03 Å². The average Bonchev–Trinajstić information content (AvgIpc) is 3.69. The molecule has 3 aromatic carbocycles. The number of fused-ring (bicyclic) bond motifs is 4. The highest BCUT2D eigenvalue weighted by atomic mass is 16.2. The number of aromatic nitrogens is 1. The zero-order valence-corrected chi connectivity index (χ0v) is 23.4. The van der Waals surface area contributed by atoms with Gasteiger partial charge in [0.25, 0.3) is 11.8 Å². The molecule has 0 spiro atoms. The number of amides is 4. The van der Waals surface area contributed by atoms with E-state index in [0.717, 1.165) is 53.4 Å². The molecule has 0 bridgehead atoms. The Morgan fingerprint density at radius 3 is 2.39 bits per heavy atom. The predicted molar refractivity (Wildman–Crippen MR) is 159 cm³/mol. The van der Waals surface area contributed by atoms with Crippen molar-refractivity contribution >= 4 is 34.4 Å². The number of benzene rings is 3. The number of para-hydroxylation sites is 2. The van der Waals surface area contributed by atoms with Crippen LogP contribution in [-0.2, 0) is 11.2 Å². The Morgan fingerprint density at radius 2 is 1.63 bits per heavy atom. The van der Waals surface area contributed by atoms with Crippen molar-refractivity contribution in [3.8, 4) is 0 Å². The van der Waals surface area contributed by atoms with Crippen LogP contribution in [-0.4, -0.2) is 39.8 Å². The molecule has 1 saturated carbocycles. The van der Waals surface area contributed by atoms with Crippen LogP contribution in [0.3, 0.4) is 0 Å². The summed E-state index contributed by atoms with van der Waals surface area (Å²) in [4.78, 5) is 48.4. The van der Waals surface area contributed by atoms with E-state index in [-0.39, 0.29) is 17.9 Å². The van der Waals surface area contributed by atoms with Gasteiger partial charge in [0, 0.05) is 29.1 Å². The first-order valence-electron chi connectivity index (χ1n) is 14.7. The fraction of sp³-hybridized carbons (Fsp3) is 0.324. The van der Waals surface area contributed by atoms with Crippen LogP contribution in [0.2, 0.25) is 0 Å². The molecule has 2 N–H and O–H groups in total. The molecule has 2 atom stereocenters. The van der Waals surface area contributed by atoms with Gasteiger partial charge in [-0.2, -0.15) is 0 Å². The first-order chi connectivity index (χ1) is 19.9. The Balaban J connectivity index is 1.32. The van der Waals surface area contributed by atoms with Gasteiger partial charge in [-0.25, -0.2) is 9.69 Å². The Hall–Kier alpha value is -4.39. The van der Waals surface area contributed by atoms with Crippen LogP contribution in [0, 0.1) is 0 Å². The lowest BCUT2D eigenvalue weighted by Crippen LogP contribution is -2.44. The number of hydrogen-bond acceptors (Lipinski definition) is 3. The van der Waals surface area contributed by atoms with E-state index in [4.69, 9.17) is 0 Å². The van der Waals surface area contributed by atoms with Crippen molar-refractivity contribution in [2.45, 2.75) is 70.0 Å². The van der Waals surface area contributed by atoms with Crippen molar-refractivity contribution in [3.05, 3.63) is 101 Å². The molecule has 208 valence electrons. The lowest BCUT2D eigenvalue weighted by Gasteiger charge is -2.36. The SMILES string of the molecule is CC(C)c1ccc([C@H]2c3[nH]c4ccccc4c3C[C@H]3C(=O)N(c4ccccc4C(=O)NC4CCCC4)C(=O)N23)cc1. The largest absolute Gasteiger partial charge is 0.356 e. The van der Waals surface area contributed by atoms with Crippen LogP contribution >= 0.6 is 0 Å². The summed E-state index contributed by atoms with van der Waals surface area (Å²) in [7, 11) is 0. The molecule has 0 unspecified atom stereocenters. The fourth-order valence-corrected chi connectivity index (χ4v) is 6.90. The summed E-state index contributed by atoms with van der Waals surface area (Å²) in [6.07, 6.45) is 4.52. The van der Waals surface area contributed by atoms with E-state index >= 15 is 0 Å². The van der Waals surface area contributed by atoms with Gasteiger partial charge < -0.3 is 10.3 Å². The van der Waals surface area contributed by atoms with Crippen LogP contribution in [0.15, 0.2) is 72.8 Å². The Morgan fingerprint density at radius 1 is 0.927 bits per heavy atom. The van der Waals surface area contributed by atoms with Gasteiger partial charge in [-0.1, -0.05) is 81.3 Å². The lowest BCUT2D eigenvalue weighted by molar-refractivity contribution is -0.120. The van der Waals surface area contributed by atoms with Crippen molar-refractivity contribution in [3.63, 3.8) is 0 Å². The minimum absolute atomic E-state index is 0.128. The molecule has 7 nitrogen and oxygen atoms in total. The van der Waals surface area contributed by atoms with Crippen LogP contribution in [0.25, 0.3) is 10.9 Å². The minimum Gasteiger partial charge on any atom is -0.356 e. The number of carbonyl (C=O) groups excluding carboxylic acids is 3. The van der Waals surface area contributed by atoms with Gasteiger partial charge in [-0.3, -0.25) is 14.5 Å². The molecule has 1 aliphatic carbocycles. The summed E-state index contributed by atoms with van der Waals surface area (Å²) in [6, 6.07) is 22.0. The second-order valence-electron chi connectivity index (χ2n) is 11.8. The van der Waals surface area contributed by atoms with Crippen molar-refractivity contribution in [1.82, 2.24) is 15.2 Å². The van der Waals surface area contributed by atoms with Gasteiger partial charge in [-0.05, 0) is 53.6 Å². The zero-order chi connectivity index (χ0) is 28.2. The van der Waals surface area contributed by atoms with E-state index in [0.29, 0.717) is 23.6 Å². The normalized spacial score (nSPS) is 20.7. The van der Waals surface area contributed by atoms with Crippen molar-refractivity contribution in [2.24, 2.45) is 0 Å². The molecule has 3 heterocycles. The first kappa shape index (κ1) is 25.6. The molecular weight excluding hydrogens is 512 g/mol. The second-order valence-corrected chi connectivity index (χ2v) is 11.8. The molecule has 4 amide bonds. The third kappa shape index (κ3) is 4.14. The number of imide groups is 1. The summed E-state index contributed by atoms with van der Waals surface area (Å²) >= 11 is 0. The third-order valence-electron chi connectivity index (χ3n) is 9.05. The maximum atomic E-state index is 14.3. The van der Waals surface area contributed by atoms with E-state index in [1.54, 1.807) is 29.2 Å². The molecule has 3 aliphatic rings. The van der Waals surface area contributed by atoms with Gasteiger partial charge in [0.15, 0.2) is 0 Å². The fourth-order valence-electron chi connectivity index (χ4n) is 6.90. The summed E-state index contributed by atoms with van der Waals surface area (Å²) in [5, 5.41) is 4.19. The zero-order valence-electron chi connectivity index (χ0n) is 23.4. The standard InChI is InChI=1S/C34H34N4O3/c1-20(2)21-15-17-22(18-16-21)31-30-26(24-11-5-7-13-27(24)36-30)19-29-33(40)38(34(41)37(29)31)28-14-8-6-12-25(28)32(39)35-23-9-3-4-10-23/h5-8,11-18,20,23,29,31,36H,3-4,9-10,19H2,1-2H3,(H,35,39)/t29-,31-/m0/s1. The summed E-state index contributed by atoms with van der Waals surface area (Å²) in [6.45, 7) is 4.31. The Bertz CT molecular complexity index is 1670. The van der Waals surface area contributed by atoms with Gasteiger partial charge in [0.05, 0.1) is 11.3 Å². The maximum absolute atomic E-state index is 14.3. The number of aromatic amines is 1. The summed E-state index contributed by atoms with van der Waals surface area (Å²) in [5.41, 5.74) is 5.85. The quantitative estimate of drug-likeness (QED) is 0.282. The average molecular weight is 547 g/mol. The topological polar surface area (TPSA) is 85.5 Å². The number of anilines is 1. The highest BCUT2D eigenvalue weighted by Crippen LogP contribution is 2.45. The minimum atomic E-state index is -0.671. The maximum Gasteiger partial charge on any atom is 0.332 e. The first-order valence-corrected chi connectivity index (χ1v) is 14.7. The monoisotopic (exact) mass is 546 g/mol. The molecule has 41 heavy (non-hydrogen) atoms. The Kier molecular flexibility index (Phi) is 6.18. The summed E-state index contributed by atoms with van der Waals surface area (Å²) in [5.74, 6) is -0.157. The van der Waals surface area contributed by atoms with Gasteiger partial charge in [-0.15, -0.1) is 0 Å². The molecule has 7 heteroatoms. The number of H-pyrrole nitrogens is 1. The lowest BCUT2D eigenvalue weighted by atomic mass is 9.88. The van der Waals surface area contributed by atoms with E-state index in [2.05, 4.69) is 54.5 Å². The van der Waals surface area contributed by atoms with Crippen LogP contribution in [0.1, 0.15) is 84.2 Å². The molecular formula is C34H34N4O3. The molecule has 2 fully saturated rings. The molecule has 0 radical (unpaired) electrons. The second kappa shape index (κ2) is 9.91. The number of nitrogens with one attached hydrogen (secondary N) is 2. The number of rotatable bonds is 5. The van der Waals surface area contributed by atoms with Crippen molar-refractivity contribution in [1.29, 1.82) is 0 Å². The van der Waals surface area contributed by atoms with E-state index in [1.807, 2.05) is 18.2 Å². The Labute approximate surface area is 239 Å². The third-order valence-corrected chi connectivity index (χ3v) is 9.05. The van der Waals surface area contributed by atoms with E-state index in [1.165, 1.54) is 10.5 Å². The van der Waals surface area contributed by atoms with E-state index < -0.39 is 18.1 Å². The highest BCUT2D eigenvalue weighted by Gasteiger charge is 2.53. The van der Waals surface area contributed by atoms with Crippen LogP contribution in [0.4, 0.5) is 10.5 Å². The van der Waals surface area contributed by atoms with Gasteiger partial charge in [0.1, 0.15) is 12.1 Å². The van der Waals surface area contributed by atoms with Crippen LogP contribution < -0.4 is 10.2 Å². The molecule has 1 aromatic heterocycles.